The molecule has 0 saturated heterocycles. The lowest BCUT2D eigenvalue weighted by Gasteiger charge is -2.07. The first-order valence-corrected chi connectivity index (χ1v) is 6.80. The highest BCUT2D eigenvalue weighted by atomic mass is 32.1. The minimum Gasteiger partial charge on any atom is -0.317 e. The molecular formula is C13H19N3OS. The van der Waals surface area contributed by atoms with Crippen LogP contribution < -0.4 is 10.6 Å². The predicted molar refractivity (Wildman–Crippen MR) is 74.9 cm³/mol. The van der Waals surface area contributed by atoms with Gasteiger partial charge in [-0.2, -0.15) is 5.26 Å². The zero-order valence-corrected chi connectivity index (χ0v) is 12.1. The Labute approximate surface area is 112 Å². The van der Waals surface area contributed by atoms with Crippen molar-refractivity contribution in [1.82, 2.24) is 5.32 Å². The number of nitrogens with zero attached hydrogens (tertiary/aromatic N) is 1. The average molecular weight is 265 g/mol. The third kappa shape index (κ3) is 3.83. The third-order valence-corrected chi connectivity index (χ3v) is 3.78. The van der Waals surface area contributed by atoms with Gasteiger partial charge in [0.15, 0.2) is 0 Å². The van der Waals surface area contributed by atoms with Gasteiger partial charge < -0.3 is 10.6 Å². The maximum atomic E-state index is 11.7. The van der Waals surface area contributed by atoms with Crippen molar-refractivity contribution >= 4 is 22.2 Å². The summed E-state index contributed by atoms with van der Waals surface area (Å²) >= 11 is 1.46. The Morgan fingerprint density at radius 2 is 2.11 bits per heavy atom. The van der Waals surface area contributed by atoms with Crippen LogP contribution in [-0.2, 0) is 4.79 Å². The first-order chi connectivity index (χ1) is 8.45. The maximum absolute atomic E-state index is 11.7. The second-order valence-corrected chi connectivity index (χ2v) is 5.73. The molecule has 0 fully saturated rings. The first kappa shape index (κ1) is 14.7. The van der Waals surface area contributed by atoms with Crippen molar-refractivity contribution in [2.75, 3.05) is 11.9 Å². The van der Waals surface area contributed by atoms with E-state index in [1.807, 2.05) is 27.7 Å². The highest BCUT2D eigenvalue weighted by Gasteiger charge is 2.14. The number of hydrogen-bond donors (Lipinski definition) is 2. The zero-order valence-electron chi connectivity index (χ0n) is 11.3. The highest BCUT2D eigenvalue weighted by molar-refractivity contribution is 7.16. The Bertz CT molecular complexity index is 471. The van der Waals surface area contributed by atoms with Crippen molar-refractivity contribution in [2.24, 2.45) is 0 Å². The minimum absolute atomic E-state index is 0.0547. The Morgan fingerprint density at radius 3 is 2.67 bits per heavy atom. The van der Waals surface area contributed by atoms with E-state index < -0.39 is 0 Å². The van der Waals surface area contributed by atoms with Gasteiger partial charge in [0.1, 0.15) is 11.1 Å². The zero-order chi connectivity index (χ0) is 13.7. The van der Waals surface area contributed by atoms with Crippen LogP contribution >= 0.6 is 11.3 Å². The summed E-state index contributed by atoms with van der Waals surface area (Å²) in [5.41, 5.74) is 1.54. The van der Waals surface area contributed by atoms with Crippen molar-refractivity contribution in [1.29, 1.82) is 5.26 Å². The van der Waals surface area contributed by atoms with Crippen LogP contribution in [0.2, 0.25) is 0 Å². The molecule has 5 heteroatoms. The van der Waals surface area contributed by atoms with E-state index in [9.17, 15) is 4.79 Å². The van der Waals surface area contributed by atoms with Gasteiger partial charge in [0.05, 0.1) is 5.56 Å². The number of nitrogens with one attached hydrogen (secondary N) is 2. The first-order valence-electron chi connectivity index (χ1n) is 5.99. The second kappa shape index (κ2) is 6.53. The van der Waals surface area contributed by atoms with Crippen LogP contribution in [0.5, 0.6) is 0 Å². The minimum atomic E-state index is -0.0547. The standard InChI is InChI=1S/C13H19N3OS/c1-8(2)15-6-5-12(17)16-13-11(7-14)9(3)10(4)18-13/h8,15H,5-6H2,1-4H3,(H,16,17). The molecule has 1 aromatic heterocycles. The molecule has 1 amide bonds. The number of carbonyl (C=O) groups excluding carboxylic acids is 1. The Kier molecular flexibility index (Phi) is 5.32. The monoisotopic (exact) mass is 265 g/mol. The second-order valence-electron chi connectivity index (χ2n) is 4.51. The van der Waals surface area contributed by atoms with Crippen LogP contribution in [0.1, 0.15) is 36.3 Å². The molecule has 0 aromatic carbocycles. The van der Waals surface area contributed by atoms with Crippen molar-refractivity contribution < 1.29 is 4.79 Å². The van der Waals surface area contributed by atoms with E-state index >= 15 is 0 Å². The van der Waals surface area contributed by atoms with Gasteiger partial charge in [-0.3, -0.25) is 4.79 Å². The third-order valence-electron chi connectivity index (χ3n) is 2.65. The lowest BCUT2D eigenvalue weighted by Crippen LogP contribution is -2.27. The molecule has 0 spiro atoms. The molecule has 0 aliphatic heterocycles. The maximum Gasteiger partial charge on any atom is 0.226 e. The van der Waals surface area contributed by atoms with E-state index in [0.29, 0.717) is 29.6 Å². The normalized spacial score (nSPS) is 10.4. The SMILES string of the molecule is Cc1sc(NC(=O)CCNC(C)C)c(C#N)c1C. The molecule has 0 atom stereocenters. The summed E-state index contributed by atoms with van der Waals surface area (Å²) in [6, 6.07) is 2.52. The van der Waals surface area contributed by atoms with Gasteiger partial charge in [-0.25, -0.2) is 0 Å². The average Bonchev–Trinajstić information content (AvgIpc) is 2.53. The van der Waals surface area contributed by atoms with Crippen molar-refractivity contribution in [2.45, 2.75) is 40.2 Å². The Balaban J connectivity index is 2.60. The highest BCUT2D eigenvalue weighted by Crippen LogP contribution is 2.31. The summed E-state index contributed by atoms with van der Waals surface area (Å²) in [4.78, 5) is 12.8. The lowest BCUT2D eigenvalue weighted by atomic mass is 10.2. The number of aryl methyl sites for hydroxylation is 1. The van der Waals surface area contributed by atoms with E-state index in [4.69, 9.17) is 5.26 Å². The van der Waals surface area contributed by atoms with Gasteiger partial charge in [0.25, 0.3) is 0 Å². The lowest BCUT2D eigenvalue weighted by molar-refractivity contribution is -0.116. The molecule has 0 saturated carbocycles. The van der Waals surface area contributed by atoms with Crippen LogP contribution in [0.15, 0.2) is 0 Å². The Hall–Kier alpha value is -1.38. The van der Waals surface area contributed by atoms with Crippen LogP contribution in [0.25, 0.3) is 0 Å². The number of carbonyl (C=O) groups is 1. The van der Waals surface area contributed by atoms with E-state index in [0.717, 1.165) is 10.4 Å². The molecular weight excluding hydrogens is 246 g/mol. The fraction of sp³-hybridized carbons (Fsp3) is 0.538. The molecule has 18 heavy (non-hydrogen) atoms. The predicted octanol–water partition coefficient (Wildman–Crippen LogP) is 2.56. The number of nitriles is 1. The van der Waals surface area contributed by atoms with Crippen LogP contribution in [0, 0.1) is 25.2 Å². The summed E-state index contributed by atoms with van der Waals surface area (Å²) in [5.74, 6) is -0.0547. The molecule has 0 aliphatic carbocycles. The smallest absolute Gasteiger partial charge is 0.226 e. The molecule has 0 unspecified atom stereocenters. The number of rotatable bonds is 5. The van der Waals surface area contributed by atoms with Gasteiger partial charge in [-0.1, -0.05) is 13.8 Å². The van der Waals surface area contributed by atoms with E-state index in [2.05, 4.69) is 16.7 Å². The molecule has 0 aliphatic rings. The van der Waals surface area contributed by atoms with Crippen LogP contribution in [0.4, 0.5) is 5.00 Å². The van der Waals surface area contributed by atoms with Crippen molar-refractivity contribution in [3.63, 3.8) is 0 Å². The van der Waals surface area contributed by atoms with E-state index in [-0.39, 0.29) is 5.91 Å². The quantitative estimate of drug-likeness (QED) is 0.860. The summed E-state index contributed by atoms with van der Waals surface area (Å²) in [5, 5.41) is 15.7. The van der Waals surface area contributed by atoms with Gasteiger partial charge in [0.2, 0.25) is 5.91 Å². The number of anilines is 1. The van der Waals surface area contributed by atoms with Crippen molar-refractivity contribution in [3.8, 4) is 6.07 Å². The number of amides is 1. The Morgan fingerprint density at radius 1 is 1.44 bits per heavy atom. The number of thiophene rings is 1. The van der Waals surface area contributed by atoms with Gasteiger partial charge in [-0.15, -0.1) is 11.3 Å². The molecule has 1 aromatic rings. The van der Waals surface area contributed by atoms with E-state index in [1.165, 1.54) is 11.3 Å². The largest absolute Gasteiger partial charge is 0.317 e. The van der Waals surface area contributed by atoms with Gasteiger partial charge in [-0.05, 0) is 19.4 Å². The summed E-state index contributed by atoms with van der Waals surface area (Å²) in [7, 11) is 0. The molecule has 0 radical (unpaired) electrons. The molecule has 98 valence electrons. The topological polar surface area (TPSA) is 64.9 Å². The number of hydrogen-bond acceptors (Lipinski definition) is 4. The molecule has 1 rings (SSSR count). The molecule has 0 bridgehead atoms. The molecule has 4 nitrogen and oxygen atoms in total. The van der Waals surface area contributed by atoms with E-state index in [1.54, 1.807) is 0 Å². The van der Waals surface area contributed by atoms with Crippen LogP contribution in [-0.4, -0.2) is 18.5 Å². The summed E-state index contributed by atoms with van der Waals surface area (Å²) in [6.45, 7) is 8.58. The fourth-order valence-corrected chi connectivity index (χ4v) is 2.54. The molecule has 1 heterocycles. The van der Waals surface area contributed by atoms with Gasteiger partial charge in [0, 0.05) is 23.9 Å². The fourth-order valence-electron chi connectivity index (χ4n) is 1.51. The van der Waals surface area contributed by atoms with Gasteiger partial charge >= 0.3 is 0 Å². The molecule has 2 N–H and O–H groups in total. The summed E-state index contributed by atoms with van der Waals surface area (Å²) in [6.07, 6.45) is 0.416. The van der Waals surface area contributed by atoms with Crippen molar-refractivity contribution in [3.05, 3.63) is 16.0 Å². The van der Waals surface area contributed by atoms with Crippen LogP contribution in [0.3, 0.4) is 0 Å². The summed E-state index contributed by atoms with van der Waals surface area (Å²) < 4.78 is 0.